The molecule has 0 saturated carbocycles. The normalized spacial score (nSPS) is 12.6. The van der Waals surface area contributed by atoms with Gasteiger partial charge in [-0.1, -0.05) is 29.8 Å². The molecule has 0 spiro atoms. The highest BCUT2D eigenvalue weighted by atomic mass is 35.5. The first-order valence-corrected chi connectivity index (χ1v) is 5.08. The Kier molecular flexibility index (Phi) is 3.73. The maximum Gasteiger partial charge on any atom is 0.0414 e. The van der Waals surface area contributed by atoms with E-state index in [0.29, 0.717) is 0 Å². The van der Waals surface area contributed by atoms with Crippen LogP contribution >= 0.6 is 11.6 Å². The van der Waals surface area contributed by atoms with Crippen molar-refractivity contribution in [2.75, 3.05) is 0 Å². The van der Waals surface area contributed by atoms with Crippen LogP contribution in [0.25, 0.3) is 5.57 Å². The van der Waals surface area contributed by atoms with E-state index < -0.39 is 0 Å². The summed E-state index contributed by atoms with van der Waals surface area (Å²) in [5.41, 5.74) is 9.02. The lowest BCUT2D eigenvalue weighted by atomic mass is 10.0. The van der Waals surface area contributed by atoms with Crippen LogP contribution in [0.5, 0.6) is 0 Å². The van der Waals surface area contributed by atoms with Crippen molar-refractivity contribution in [1.82, 2.24) is 0 Å². The van der Waals surface area contributed by atoms with Crippen LogP contribution in [0.2, 0.25) is 5.02 Å². The first kappa shape index (κ1) is 11.3. The summed E-state index contributed by atoms with van der Waals surface area (Å²) in [5.74, 6) is 0. The monoisotopic (exact) mass is 209 g/mol. The smallest absolute Gasteiger partial charge is 0.0414 e. The van der Waals surface area contributed by atoms with Crippen LogP contribution in [0.4, 0.5) is 0 Å². The molecule has 0 amide bonds. The molecule has 1 aromatic carbocycles. The average molecular weight is 210 g/mol. The van der Waals surface area contributed by atoms with Gasteiger partial charge < -0.3 is 5.73 Å². The topological polar surface area (TPSA) is 26.0 Å². The summed E-state index contributed by atoms with van der Waals surface area (Å²) in [4.78, 5) is 0. The van der Waals surface area contributed by atoms with E-state index in [2.05, 4.69) is 12.6 Å². The van der Waals surface area contributed by atoms with Crippen molar-refractivity contribution >= 4 is 17.2 Å². The zero-order valence-corrected chi connectivity index (χ0v) is 9.43. The maximum absolute atomic E-state index is 6.00. The summed E-state index contributed by atoms with van der Waals surface area (Å²) in [5, 5.41) is 0.751. The van der Waals surface area contributed by atoms with Gasteiger partial charge in [-0.3, -0.25) is 0 Å². The van der Waals surface area contributed by atoms with Gasteiger partial charge in [-0.25, -0.2) is 0 Å². The molecule has 14 heavy (non-hydrogen) atoms. The van der Waals surface area contributed by atoms with Crippen LogP contribution in [0.1, 0.15) is 25.0 Å². The standard InChI is InChI=1S/C12H16ClN/c1-8(2)11-5-10(4-9(3)14)6-12(13)7-11/h5-7,9H,1,4,14H2,2-3H3. The van der Waals surface area contributed by atoms with Crippen molar-refractivity contribution in [3.8, 4) is 0 Å². The van der Waals surface area contributed by atoms with E-state index >= 15 is 0 Å². The number of rotatable bonds is 3. The molecule has 1 aromatic rings. The quantitative estimate of drug-likeness (QED) is 0.813. The van der Waals surface area contributed by atoms with Crippen LogP contribution in [0.15, 0.2) is 24.8 Å². The van der Waals surface area contributed by atoms with Crippen molar-refractivity contribution < 1.29 is 0 Å². The molecule has 0 bridgehead atoms. The minimum absolute atomic E-state index is 0.159. The van der Waals surface area contributed by atoms with E-state index in [1.807, 2.05) is 26.0 Å². The fourth-order valence-corrected chi connectivity index (χ4v) is 1.64. The molecule has 0 radical (unpaired) electrons. The van der Waals surface area contributed by atoms with Gasteiger partial charge >= 0.3 is 0 Å². The van der Waals surface area contributed by atoms with Gasteiger partial charge in [-0.15, -0.1) is 0 Å². The fraction of sp³-hybridized carbons (Fsp3) is 0.333. The van der Waals surface area contributed by atoms with Crippen molar-refractivity contribution in [2.24, 2.45) is 5.73 Å². The van der Waals surface area contributed by atoms with Gasteiger partial charge in [-0.2, -0.15) is 0 Å². The third kappa shape index (κ3) is 3.17. The lowest BCUT2D eigenvalue weighted by Gasteiger charge is -2.08. The van der Waals surface area contributed by atoms with E-state index in [-0.39, 0.29) is 6.04 Å². The molecule has 0 aliphatic heterocycles. The van der Waals surface area contributed by atoms with Crippen LogP contribution in [0, 0.1) is 0 Å². The Bertz CT molecular complexity index is 342. The Morgan fingerprint density at radius 2 is 2.14 bits per heavy atom. The number of allylic oxidation sites excluding steroid dienone is 1. The minimum atomic E-state index is 0.159. The van der Waals surface area contributed by atoms with Crippen molar-refractivity contribution in [3.63, 3.8) is 0 Å². The van der Waals surface area contributed by atoms with Gasteiger partial charge in [0.15, 0.2) is 0 Å². The molecular weight excluding hydrogens is 194 g/mol. The van der Waals surface area contributed by atoms with Crippen LogP contribution in [-0.4, -0.2) is 6.04 Å². The fourth-order valence-electron chi connectivity index (χ4n) is 1.39. The Labute approximate surface area is 90.6 Å². The largest absolute Gasteiger partial charge is 0.328 e. The Morgan fingerprint density at radius 3 is 2.64 bits per heavy atom. The second-order valence-electron chi connectivity index (χ2n) is 3.81. The van der Waals surface area contributed by atoms with Crippen molar-refractivity contribution in [2.45, 2.75) is 26.3 Å². The Morgan fingerprint density at radius 1 is 1.50 bits per heavy atom. The van der Waals surface area contributed by atoms with E-state index in [1.54, 1.807) is 0 Å². The highest BCUT2D eigenvalue weighted by molar-refractivity contribution is 6.30. The Hall–Kier alpha value is -0.790. The predicted molar refractivity (Wildman–Crippen MR) is 63.5 cm³/mol. The van der Waals surface area contributed by atoms with Gasteiger partial charge in [0.05, 0.1) is 0 Å². The number of hydrogen-bond donors (Lipinski definition) is 1. The van der Waals surface area contributed by atoms with Crippen LogP contribution in [-0.2, 0) is 6.42 Å². The van der Waals surface area contributed by atoms with Crippen LogP contribution in [0.3, 0.4) is 0 Å². The van der Waals surface area contributed by atoms with Gasteiger partial charge in [-0.05, 0) is 43.5 Å². The molecule has 76 valence electrons. The molecule has 1 unspecified atom stereocenters. The molecular formula is C12H16ClN. The third-order valence-electron chi connectivity index (χ3n) is 2.01. The first-order valence-electron chi connectivity index (χ1n) is 4.70. The Balaban J connectivity index is 3.01. The van der Waals surface area contributed by atoms with Crippen molar-refractivity contribution in [3.05, 3.63) is 40.9 Å². The van der Waals surface area contributed by atoms with Gasteiger partial charge in [0.2, 0.25) is 0 Å². The molecule has 0 saturated heterocycles. The summed E-state index contributed by atoms with van der Waals surface area (Å²) in [6.45, 7) is 7.86. The lowest BCUT2D eigenvalue weighted by molar-refractivity contribution is 0.738. The molecule has 0 aromatic heterocycles. The summed E-state index contributed by atoms with van der Waals surface area (Å²) in [6.07, 6.45) is 0.848. The van der Waals surface area contributed by atoms with E-state index in [9.17, 15) is 0 Å². The third-order valence-corrected chi connectivity index (χ3v) is 2.23. The molecule has 2 heteroatoms. The summed E-state index contributed by atoms with van der Waals surface area (Å²) >= 11 is 6.00. The highest BCUT2D eigenvalue weighted by Gasteiger charge is 2.02. The molecule has 2 N–H and O–H groups in total. The molecule has 1 nitrogen and oxygen atoms in total. The number of benzene rings is 1. The molecule has 0 heterocycles. The number of halogens is 1. The molecule has 0 fully saturated rings. The number of hydrogen-bond acceptors (Lipinski definition) is 1. The van der Waals surface area contributed by atoms with Gasteiger partial charge in [0.25, 0.3) is 0 Å². The summed E-state index contributed by atoms with van der Waals surface area (Å²) in [7, 11) is 0. The molecule has 0 aliphatic rings. The molecule has 0 aliphatic carbocycles. The van der Waals surface area contributed by atoms with Crippen molar-refractivity contribution in [1.29, 1.82) is 0 Å². The average Bonchev–Trinajstić information content (AvgIpc) is 2.01. The van der Waals surface area contributed by atoms with E-state index in [0.717, 1.165) is 22.6 Å². The predicted octanol–water partition coefficient (Wildman–Crippen LogP) is 3.26. The van der Waals surface area contributed by atoms with E-state index in [1.165, 1.54) is 5.56 Å². The maximum atomic E-state index is 6.00. The second-order valence-corrected chi connectivity index (χ2v) is 4.25. The minimum Gasteiger partial charge on any atom is -0.328 e. The van der Waals surface area contributed by atoms with E-state index in [4.69, 9.17) is 17.3 Å². The molecule has 1 rings (SSSR count). The summed E-state index contributed by atoms with van der Waals surface area (Å²) < 4.78 is 0. The van der Waals surface area contributed by atoms with Gasteiger partial charge in [0, 0.05) is 11.1 Å². The molecule has 1 atom stereocenters. The zero-order valence-electron chi connectivity index (χ0n) is 8.68. The zero-order chi connectivity index (χ0) is 10.7. The van der Waals surface area contributed by atoms with Gasteiger partial charge in [0.1, 0.15) is 0 Å². The SMILES string of the molecule is C=C(C)c1cc(Cl)cc(CC(C)N)c1. The highest BCUT2D eigenvalue weighted by Crippen LogP contribution is 2.20. The second kappa shape index (κ2) is 4.63. The first-order chi connectivity index (χ1) is 6.49. The van der Waals surface area contributed by atoms with Crippen LogP contribution < -0.4 is 5.73 Å². The summed E-state index contributed by atoms with van der Waals surface area (Å²) in [6, 6.07) is 6.13. The lowest BCUT2D eigenvalue weighted by Crippen LogP contribution is -2.17. The number of nitrogens with two attached hydrogens (primary N) is 1.